The summed E-state index contributed by atoms with van der Waals surface area (Å²) < 4.78 is 11.0. The molecule has 4 heteroatoms. The van der Waals surface area contributed by atoms with Gasteiger partial charge in [-0.15, -0.1) is 0 Å². The summed E-state index contributed by atoms with van der Waals surface area (Å²) in [6.45, 7) is 9.09. The quantitative estimate of drug-likeness (QED) is 0.837. The van der Waals surface area contributed by atoms with E-state index >= 15 is 0 Å². The van der Waals surface area contributed by atoms with Crippen molar-refractivity contribution in [2.24, 2.45) is 5.92 Å². The second kappa shape index (κ2) is 8.78. The lowest BCUT2D eigenvalue weighted by molar-refractivity contribution is 0.0336. The predicted octanol–water partition coefficient (Wildman–Crippen LogP) is 2.46. The van der Waals surface area contributed by atoms with Crippen molar-refractivity contribution in [1.29, 1.82) is 0 Å². The minimum atomic E-state index is 0.416. The van der Waals surface area contributed by atoms with Crippen molar-refractivity contribution in [1.82, 2.24) is 10.2 Å². The summed E-state index contributed by atoms with van der Waals surface area (Å²) in [6.07, 6.45) is 2.36. The first-order valence-corrected chi connectivity index (χ1v) is 9.00. The van der Waals surface area contributed by atoms with Gasteiger partial charge in [-0.05, 0) is 31.2 Å². The molecule has 1 aromatic rings. The van der Waals surface area contributed by atoms with Gasteiger partial charge >= 0.3 is 0 Å². The summed E-state index contributed by atoms with van der Waals surface area (Å²) in [5.41, 5.74) is 1.40. The van der Waals surface area contributed by atoms with E-state index in [0.29, 0.717) is 18.0 Å². The highest BCUT2D eigenvalue weighted by molar-refractivity contribution is 5.19. The van der Waals surface area contributed by atoms with Crippen molar-refractivity contribution in [3.63, 3.8) is 0 Å². The highest BCUT2D eigenvalue weighted by Crippen LogP contribution is 2.27. The lowest BCUT2D eigenvalue weighted by Crippen LogP contribution is -2.45. The Morgan fingerprint density at radius 2 is 1.91 bits per heavy atom. The van der Waals surface area contributed by atoms with Crippen molar-refractivity contribution in [3.8, 4) is 0 Å². The zero-order valence-electron chi connectivity index (χ0n) is 14.2. The molecule has 2 saturated heterocycles. The SMILES string of the molecule is CC(CN1CCOCC1)NC(CC1CCOC1)c1ccccc1. The summed E-state index contributed by atoms with van der Waals surface area (Å²) >= 11 is 0. The Kier molecular flexibility index (Phi) is 6.46. The Morgan fingerprint density at radius 1 is 1.13 bits per heavy atom. The highest BCUT2D eigenvalue weighted by Gasteiger charge is 2.23. The molecule has 0 bridgehead atoms. The number of benzene rings is 1. The predicted molar refractivity (Wildman–Crippen MR) is 92.6 cm³/mol. The van der Waals surface area contributed by atoms with Gasteiger partial charge in [-0.2, -0.15) is 0 Å². The van der Waals surface area contributed by atoms with Crippen LogP contribution in [-0.2, 0) is 9.47 Å². The van der Waals surface area contributed by atoms with Crippen LogP contribution in [0.25, 0.3) is 0 Å². The zero-order chi connectivity index (χ0) is 15.9. The number of rotatable bonds is 7. The van der Waals surface area contributed by atoms with Crippen LogP contribution in [0.2, 0.25) is 0 Å². The minimum Gasteiger partial charge on any atom is -0.381 e. The van der Waals surface area contributed by atoms with Gasteiger partial charge in [0.2, 0.25) is 0 Å². The van der Waals surface area contributed by atoms with Gasteiger partial charge in [0.15, 0.2) is 0 Å². The van der Waals surface area contributed by atoms with Gasteiger partial charge in [-0.25, -0.2) is 0 Å². The zero-order valence-corrected chi connectivity index (χ0v) is 14.2. The molecule has 3 unspecified atom stereocenters. The van der Waals surface area contributed by atoms with Crippen molar-refractivity contribution < 1.29 is 9.47 Å². The molecule has 2 fully saturated rings. The topological polar surface area (TPSA) is 33.7 Å². The molecule has 0 saturated carbocycles. The number of nitrogens with one attached hydrogen (secondary N) is 1. The van der Waals surface area contributed by atoms with Crippen LogP contribution in [-0.4, -0.2) is 57.0 Å². The molecule has 0 aromatic heterocycles. The first-order chi connectivity index (χ1) is 11.3. The maximum atomic E-state index is 5.57. The van der Waals surface area contributed by atoms with Gasteiger partial charge in [0.25, 0.3) is 0 Å². The number of morpholine rings is 1. The summed E-state index contributed by atoms with van der Waals surface area (Å²) in [6, 6.07) is 11.8. The van der Waals surface area contributed by atoms with Crippen LogP contribution < -0.4 is 5.32 Å². The average Bonchev–Trinajstić information content (AvgIpc) is 3.09. The lowest BCUT2D eigenvalue weighted by atomic mass is 9.93. The van der Waals surface area contributed by atoms with Crippen molar-refractivity contribution >= 4 is 0 Å². The van der Waals surface area contributed by atoms with Crippen molar-refractivity contribution in [2.45, 2.75) is 31.8 Å². The molecule has 4 nitrogen and oxygen atoms in total. The van der Waals surface area contributed by atoms with E-state index in [1.807, 2.05) is 0 Å². The van der Waals surface area contributed by atoms with E-state index in [0.717, 1.165) is 52.5 Å². The van der Waals surface area contributed by atoms with E-state index in [1.54, 1.807) is 0 Å². The smallest absolute Gasteiger partial charge is 0.0594 e. The molecule has 1 N–H and O–H groups in total. The van der Waals surface area contributed by atoms with Crippen LogP contribution in [0.4, 0.5) is 0 Å². The first kappa shape index (κ1) is 16.9. The molecule has 2 heterocycles. The summed E-state index contributed by atoms with van der Waals surface area (Å²) in [5.74, 6) is 0.684. The van der Waals surface area contributed by atoms with Gasteiger partial charge in [0.1, 0.15) is 0 Å². The maximum absolute atomic E-state index is 5.57. The van der Waals surface area contributed by atoms with Gasteiger partial charge in [0, 0.05) is 44.9 Å². The van der Waals surface area contributed by atoms with E-state index in [-0.39, 0.29) is 0 Å². The Balaban J connectivity index is 1.57. The third-order valence-electron chi connectivity index (χ3n) is 4.92. The van der Waals surface area contributed by atoms with Crippen LogP contribution in [0.3, 0.4) is 0 Å². The van der Waals surface area contributed by atoms with Crippen LogP contribution in [0, 0.1) is 5.92 Å². The minimum absolute atomic E-state index is 0.416. The van der Waals surface area contributed by atoms with E-state index in [4.69, 9.17) is 9.47 Å². The fourth-order valence-corrected chi connectivity index (χ4v) is 3.66. The van der Waals surface area contributed by atoms with Crippen LogP contribution in [0.1, 0.15) is 31.4 Å². The molecule has 0 radical (unpaired) electrons. The number of hydrogen-bond donors (Lipinski definition) is 1. The molecule has 3 rings (SSSR count). The molecule has 1 aromatic carbocycles. The fourth-order valence-electron chi connectivity index (χ4n) is 3.66. The normalized spacial score (nSPS) is 25.3. The second-order valence-corrected chi connectivity index (χ2v) is 6.91. The fraction of sp³-hybridized carbons (Fsp3) is 0.684. The maximum Gasteiger partial charge on any atom is 0.0594 e. The lowest BCUT2D eigenvalue weighted by Gasteiger charge is -2.32. The summed E-state index contributed by atoms with van der Waals surface area (Å²) in [7, 11) is 0. The van der Waals surface area contributed by atoms with E-state index in [2.05, 4.69) is 47.5 Å². The first-order valence-electron chi connectivity index (χ1n) is 9.00. The third kappa shape index (κ3) is 5.28. The summed E-state index contributed by atoms with van der Waals surface area (Å²) in [4.78, 5) is 2.50. The van der Waals surface area contributed by atoms with Gasteiger partial charge in [0.05, 0.1) is 13.2 Å². The van der Waals surface area contributed by atoms with Crippen molar-refractivity contribution in [2.75, 3.05) is 46.1 Å². The van der Waals surface area contributed by atoms with E-state index in [1.165, 1.54) is 12.0 Å². The largest absolute Gasteiger partial charge is 0.381 e. The number of hydrogen-bond acceptors (Lipinski definition) is 4. The third-order valence-corrected chi connectivity index (χ3v) is 4.92. The Labute approximate surface area is 140 Å². The van der Waals surface area contributed by atoms with Crippen LogP contribution in [0.5, 0.6) is 0 Å². The molecule has 2 aliphatic rings. The Bertz CT molecular complexity index is 442. The molecular weight excluding hydrogens is 288 g/mol. The van der Waals surface area contributed by atoms with Crippen LogP contribution >= 0.6 is 0 Å². The molecular formula is C19H30N2O2. The molecule has 0 amide bonds. The molecule has 3 atom stereocenters. The Hall–Kier alpha value is -0.940. The number of ether oxygens (including phenoxy) is 2. The average molecular weight is 318 g/mol. The summed E-state index contributed by atoms with van der Waals surface area (Å²) in [5, 5.41) is 3.87. The van der Waals surface area contributed by atoms with Gasteiger partial charge in [-0.1, -0.05) is 30.3 Å². The Morgan fingerprint density at radius 3 is 2.61 bits per heavy atom. The van der Waals surface area contributed by atoms with E-state index < -0.39 is 0 Å². The van der Waals surface area contributed by atoms with Gasteiger partial charge < -0.3 is 14.8 Å². The number of nitrogens with zero attached hydrogens (tertiary/aromatic N) is 1. The highest BCUT2D eigenvalue weighted by atomic mass is 16.5. The molecule has 2 aliphatic heterocycles. The van der Waals surface area contributed by atoms with E-state index in [9.17, 15) is 0 Å². The standard InChI is InChI=1S/C19H30N2O2/c1-16(14-21-8-11-22-12-9-21)20-19(13-17-7-10-23-15-17)18-5-3-2-4-6-18/h2-6,16-17,19-20H,7-15H2,1H3. The monoisotopic (exact) mass is 318 g/mol. The molecule has 0 spiro atoms. The van der Waals surface area contributed by atoms with Crippen LogP contribution in [0.15, 0.2) is 30.3 Å². The molecule has 0 aliphatic carbocycles. The molecule has 23 heavy (non-hydrogen) atoms. The second-order valence-electron chi connectivity index (χ2n) is 6.91. The molecule has 128 valence electrons. The van der Waals surface area contributed by atoms with Crippen molar-refractivity contribution in [3.05, 3.63) is 35.9 Å². The van der Waals surface area contributed by atoms with Gasteiger partial charge in [-0.3, -0.25) is 4.90 Å².